The first-order valence-electron chi connectivity index (χ1n) is 15.1. The van der Waals surface area contributed by atoms with Crippen LogP contribution < -0.4 is 30.7 Å². The minimum absolute atomic E-state index is 0.115. The van der Waals surface area contributed by atoms with Crippen LogP contribution in [0.4, 0.5) is 35.4 Å². The maximum absolute atomic E-state index is 12.8. The van der Waals surface area contributed by atoms with E-state index in [4.69, 9.17) is 14.2 Å². The Kier molecular flexibility index (Phi) is 13.6. The molecule has 2 amide bonds. The molecule has 48 heavy (non-hydrogen) atoms. The highest BCUT2D eigenvalue weighted by atomic mass is 79.9. The van der Waals surface area contributed by atoms with Crippen LogP contribution in [0.15, 0.2) is 48.7 Å². The second-order valence-corrected chi connectivity index (χ2v) is 13.3. The first kappa shape index (κ1) is 38.1. The van der Waals surface area contributed by atoms with Gasteiger partial charge in [-0.1, -0.05) is 41.9 Å². The smallest absolute Gasteiger partial charge is 0.422 e. The molecule has 0 unspecified atom stereocenters. The summed E-state index contributed by atoms with van der Waals surface area (Å²) < 4.78 is 54.2. The van der Waals surface area contributed by atoms with E-state index in [0.717, 1.165) is 23.1 Å². The van der Waals surface area contributed by atoms with Gasteiger partial charge in [0.25, 0.3) is 5.91 Å². The zero-order valence-electron chi connectivity index (χ0n) is 27.5. The molecule has 0 aliphatic carbocycles. The highest BCUT2D eigenvalue weighted by Gasteiger charge is 2.29. The van der Waals surface area contributed by atoms with E-state index < -0.39 is 35.9 Å². The Bertz CT molecular complexity index is 1490. The molecule has 0 bridgehead atoms. The number of pyridine rings is 1. The van der Waals surface area contributed by atoms with Crippen molar-refractivity contribution in [3.05, 3.63) is 59.8 Å². The number of hydrogen-bond acceptors (Lipinski definition) is 10. The summed E-state index contributed by atoms with van der Waals surface area (Å²) in [5.74, 6) is 0.944. The van der Waals surface area contributed by atoms with Crippen LogP contribution in [0, 0.1) is 5.41 Å². The van der Waals surface area contributed by atoms with E-state index >= 15 is 0 Å². The molecule has 0 fully saturated rings. The Morgan fingerprint density at radius 2 is 1.56 bits per heavy atom. The number of nitrogens with zero attached hydrogens (tertiary/aromatic N) is 3. The summed E-state index contributed by atoms with van der Waals surface area (Å²) in [6.45, 7) is 8.93. The van der Waals surface area contributed by atoms with Crippen molar-refractivity contribution in [2.75, 3.05) is 42.3 Å². The van der Waals surface area contributed by atoms with E-state index in [1.807, 2.05) is 38.1 Å². The van der Waals surface area contributed by atoms with E-state index in [0.29, 0.717) is 13.2 Å². The molecule has 0 aliphatic rings. The maximum Gasteiger partial charge on any atom is 0.422 e. The van der Waals surface area contributed by atoms with E-state index in [2.05, 4.69) is 52.1 Å². The lowest BCUT2D eigenvalue weighted by Gasteiger charge is -2.26. The van der Waals surface area contributed by atoms with Crippen LogP contribution in [-0.4, -0.2) is 70.4 Å². The number of alkyl halides is 4. The van der Waals surface area contributed by atoms with Gasteiger partial charge in [-0.25, -0.2) is 9.78 Å². The Labute approximate surface area is 286 Å². The van der Waals surface area contributed by atoms with Crippen molar-refractivity contribution in [1.82, 2.24) is 25.6 Å². The summed E-state index contributed by atoms with van der Waals surface area (Å²) in [4.78, 5) is 37.1. The molecule has 4 N–H and O–H groups in total. The van der Waals surface area contributed by atoms with Crippen molar-refractivity contribution in [3.63, 3.8) is 0 Å². The molecule has 0 atom stereocenters. The summed E-state index contributed by atoms with van der Waals surface area (Å²) in [7, 11) is 0. The molecule has 16 heteroatoms. The summed E-state index contributed by atoms with van der Waals surface area (Å²) in [5.41, 5.74) is 0.0567. The van der Waals surface area contributed by atoms with E-state index in [1.54, 1.807) is 20.8 Å². The van der Waals surface area contributed by atoms with Gasteiger partial charge in [0.2, 0.25) is 0 Å². The van der Waals surface area contributed by atoms with Gasteiger partial charge in [-0.05, 0) is 62.4 Å². The fourth-order valence-corrected chi connectivity index (χ4v) is 4.00. The number of amides is 2. The molecule has 0 saturated carbocycles. The highest BCUT2D eigenvalue weighted by molar-refractivity contribution is 9.09. The maximum atomic E-state index is 12.8. The van der Waals surface area contributed by atoms with Crippen LogP contribution in [0.3, 0.4) is 0 Å². The van der Waals surface area contributed by atoms with Crippen LogP contribution in [0.1, 0.15) is 57.0 Å². The Hall–Kier alpha value is -4.34. The highest BCUT2D eigenvalue weighted by Crippen LogP contribution is 2.23. The number of carbonyl (C=O) groups is 2. The molecule has 2 aromatic heterocycles. The number of benzene rings is 1. The molecule has 0 spiro atoms. The van der Waals surface area contributed by atoms with Gasteiger partial charge in [0.1, 0.15) is 28.8 Å². The van der Waals surface area contributed by atoms with Gasteiger partial charge >= 0.3 is 18.3 Å². The van der Waals surface area contributed by atoms with Crippen molar-refractivity contribution in [1.29, 1.82) is 0 Å². The minimum atomic E-state index is -4.58. The number of ether oxygens (including phenoxy) is 3. The van der Waals surface area contributed by atoms with E-state index in [9.17, 15) is 22.8 Å². The fraction of sp³-hybridized carbons (Fsp3) is 0.469. The number of hydrogen-bond donors (Lipinski definition) is 4. The molecule has 2 heterocycles. The third kappa shape index (κ3) is 14.6. The zero-order chi connectivity index (χ0) is 35.4. The lowest BCUT2D eigenvalue weighted by Crippen LogP contribution is -2.43. The van der Waals surface area contributed by atoms with Crippen molar-refractivity contribution in [2.45, 2.75) is 59.4 Å². The standard InChI is InChI=1S/C32H41BrF3N7O5/c1-30(2,3)48-29(45)40-19-31(4,5)18-39-27(44)22-9-12-24(38-17-22)41-26-15-25(42-28(43-26)47-20-32(34,35)36)37-16-21-7-10-23(11-8-21)46-14-6-13-33/h7-12,15,17H,6,13-14,16,18-20H2,1-5H3,(H,39,44)(H,40,45)(H2,37,38,41,42,43). The zero-order valence-corrected chi connectivity index (χ0v) is 29.0. The number of alkyl carbamates (subject to hydrolysis) is 1. The number of anilines is 3. The summed E-state index contributed by atoms with van der Waals surface area (Å²) in [6.07, 6.45) is -2.91. The topological polar surface area (TPSA) is 149 Å². The van der Waals surface area contributed by atoms with Crippen LogP contribution in [-0.2, 0) is 11.3 Å². The van der Waals surface area contributed by atoms with Gasteiger partial charge in [-0.3, -0.25) is 4.79 Å². The summed E-state index contributed by atoms with van der Waals surface area (Å²) >= 11 is 3.36. The average molecular weight is 741 g/mol. The Balaban J connectivity index is 1.62. The van der Waals surface area contributed by atoms with Gasteiger partial charge in [0.05, 0.1) is 12.2 Å². The summed E-state index contributed by atoms with van der Waals surface area (Å²) in [5, 5.41) is 12.4. The number of carbonyl (C=O) groups excluding carboxylic acids is 2. The van der Waals surface area contributed by atoms with E-state index in [1.165, 1.54) is 24.4 Å². The molecular formula is C32H41BrF3N7O5. The molecule has 3 rings (SSSR count). The number of aromatic nitrogens is 3. The van der Waals surface area contributed by atoms with Crippen molar-refractivity contribution < 1.29 is 37.0 Å². The number of nitrogens with one attached hydrogen (secondary N) is 4. The third-order valence-electron chi connectivity index (χ3n) is 6.13. The average Bonchev–Trinajstić information content (AvgIpc) is 3.01. The molecule has 12 nitrogen and oxygen atoms in total. The molecule has 0 radical (unpaired) electrons. The van der Waals surface area contributed by atoms with Gasteiger partial charge in [0, 0.05) is 37.2 Å². The first-order valence-corrected chi connectivity index (χ1v) is 16.2. The van der Waals surface area contributed by atoms with E-state index in [-0.39, 0.29) is 42.0 Å². The van der Waals surface area contributed by atoms with Gasteiger partial charge in [-0.2, -0.15) is 23.1 Å². The normalized spacial score (nSPS) is 11.8. The lowest BCUT2D eigenvalue weighted by molar-refractivity contribution is -0.154. The van der Waals surface area contributed by atoms with Gasteiger partial charge in [0.15, 0.2) is 6.61 Å². The van der Waals surface area contributed by atoms with Crippen molar-refractivity contribution in [2.24, 2.45) is 5.41 Å². The predicted octanol–water partition coefficient (Wildman–Crippen LogP) is 6.61. The molecule has 1 aromatic carbocycles. The first-order chi connectivity index (χ1) is 22.5. The van der Waals surface area contributed by atoms with Crippen LogP contribution >= 0.6 is 15.9 Å². The lowest BCUT2D eigenvalue weighted by atomic mass is 9.93. The second kappa shape index (κ2) is 17.2. The molecule has 262 valence electrons. The molecular weight excluding hydrogens is 699 g/mol. The SMILES string of the molecule is CC(C)(CNC(=O)OC(C)(C)C)CNC(=O)c1ccc(Nc2cc(NCc3ccc(OCCCBr)cc3)nc(OCC(F)(F)F)n2)nc1. The quantitative estimate of drug-likeness (QED) is 0.0934. The second-order valence-electron chi connectivity index (χ2n) is 12.5. The van der Waals surface area contributed by atoms with Crippen molar-refractivity contribution >= 4 is 45.4 Å². The monoisotopic (exact) mass is 739 g/mol. The third-order valence-corrected chi connectivity index (χ3v) is 6.69. The fourth-order valence-electron chi connectivity index (χ4n) is 3.77. The largest absolute Gasteiger partial charge is 0.494 e. The van der Waals surface area contributed by atoms with Crippen LogP contribution in [0.25, 0.3) is 0 Å². The minimum Gasteiger partial charge on any atom is -0.494 e. The van der Waals surface area contributed by atoms with Crippen LogP contribution in [0.2, 0.25) is 0 Å². The van der Waals surface area contributed by atoms with Gasteiger partial charge < -0.3 is 35.5 Å². The number of rotatable bonds is 16. The van der Waals surface area contributed by atoms with Crippen molar-refractivity contribution in [3.8, 4) is 11.8 Å². The number of halogens is 4. The molecule has 0 aliphatic heterocycles. The van der Waals surface area contributed by atoms with Gasteiger partial charge in [-0.15, -0.1) is 0 Å². The van der Waals surface area contributed by atoms with Crippen LogP contribution in [0.5, 0.6) is 11.8 Å². The molecule has 0 saturated heterocycles. The predicted molar refractivity (Wildman–Crippen MR) is 179 cm³/mol. The Morgan fingerprint density at radius 3 is 2.19 bits per heavy atom. The Morgan fingerprint density at radius 1 is 0.875 bits per heavy atom. The molecule has 3 aromatic rings. The summed E-state index contributed by atoms with van der Waals surface area (Å²) in [6, 6.07) is 11.4.